The maximum atomic E-state index is 14.8. The summed E-state index contributed by atoms with van der Waals surface area (Å²) in [6.45, 7) is 18.8. The number of carbonyl (C=O) groups is 6. The lowest BCUT2D eigenvalue weighted by Crippen LogP contribution is -2.65. The Morgan fingerprint density at radius 3 is 2.33 bits per heavy atom. The van der Waals surface area contributed by atoms with Crippen LogP contribution in [0.5, 0.6) is 5.75 Å². The number of aromatic nitrogens is 1. The van der Waals surface area contributed by atoms with Crippen molar-refractivity contribution in [2.24, 2.45) is 17.3 Å². The summed E-state index contributed by atoms with van der Waals surface area (Å²) in [6.07, 6.45) is 0.655. The summed E-state index contributed by atoms with van der Waals surface area (Å²) in [4.78, 5) is 87.2. The van der Waals surface area contributed by atoms with Crippen molar-refractivity contribution in [1.29, 1.82) is 0 Å². The summed E-state index contributed by atoms with van der Waals surface area (Å²) in [5, 5.41) is 9.82. The second kappa shape index (κ2) is 17.0. The van der Waals surface area contributed by atoms with E-state index in [9.17, 15) is 28.8 Å². The van der Waals surface area contributed by atoms with Crippen molar-refractivity contribution >= 4 is 71.0 Å². The molecule has 7 rings (SSSR count). The first kappa shape index (κ1) is 46.1. The number of hydrogen-bond donors (Lipinski definition) is 3. The van der Waals surface area contributed by atoms with E-state index in [1.807, 2.05) is 6.92 Å². The van der Waals surface area contributed by atoms with Gasteiger partial charge in [-0.05, 0) is 104 Å². The Morgan fingerprint density at radius 1 is 1.02 bits per heavy atom. The minimum absolute atomic E-state index is 0.00172. The van der Waals surface area contributed by atoms with E-state index in [1.165, 1.54) is 17.4 Å². The second-order valence-corrected chi connectivity index (χ2v) is 20.0. The summed E-state index contributed by atoms with van der Waals surface area (Å²) in [6, 6.07) is 0.643. The Balaban J connectivity index is 1.36. The van der Waals surface area contributed by atoms with Gasteiger partial charge in [-0.2, -0.15) is 0 Å². The third-order valence-corrected chi connectivity index (χ3v) is 13.0. The third kappa shape index (κ3) is 9.49. The van der Waals surface area contributed by atoms with Gasteiger partial charge in [-0.25, -0.2) is 19.4 Å². The number of hydrogen-bond acceptors (Lipinski definition) is 13. The van der Waals surface area contributed by atoms with Crippen LogP contribution in [-0.2, 0) is 39.6 Å². The molecular formula is C41H56BClN6O11S. The quantitative estimate of drug-likeness (QED) is 0.145. The highest BCUT2D eigenvalue weighted by molar-refractivity contribution is 7.13. The molecule has 20 heteroatoms. The van der Waals surface area contributed by atoms with Gasteiger partial charge in [0.1, 0.15) is 22.5 Å². The van der Waals surface area contributed by atoms with Crippen LogP contribution in [0.2, 0.25) is 5.02 Å². The molecule has 1 aromatic carbocycles. The zero-order chi connectivity index (χ0) is 45.0. The van der Waals surface area contributed by atoms with Crippen LogP contribution in [0.4, 0.5) is 14.7 Å². The van der Waals surface area contributed by atoms with Gasteiger partial charge in [0.25, 0.3) is 0 Å². The molecule has 3 aliphatic carbocycles. The maximum Gasteiger partial charge on any atom is 0.482 e. The molecule has 6 atom stereocenters. The molecule has 0 spiro atoms. The standard InChI is InChI=1S/C41H56BClN6O11S/c1-12-48-15-16-49(33(52)32(48)51)36(54)46-29(24-20-61-35(44-24)47-37(55)58-39(5,6)7)31(50)45-27(42-59-26-19-22-18-25(40(22,8)9)41(26,10)60-42)17-21-13-14-23(43)28(30(21)56-11)34(53)57-38(2,3)4/h13-14,20,22,25-27,29H,12,15-19H2,1-11H3,(H,45,50)(H,46,54)(H,44,47,55)/t22-,25-,26+,27-,29?,41-/m0/s1. The molecule has 3 heterocycles. The minimum atomic E-state index is -1.57. The number of imide groups is 1. The number of piperazine rings is 1. The number of urea groups is 1. The summed E-state index contributed by atoms with van der Waals surface area (Å²) < 4.78 is 30.4. The lowest BCUT2D eigenvalue weighted by Gasteiger charge is -2.64. The van der Waals surface area contributed by atoms with Gasteiger partial charge in [0.05, 0.1) is 35.5 Å². The van der Waals surface area contributed by atoms with Gasteiger partial charge < -0.3 is 39.1 Å². The van der Waals surface area contributed by atoms with Gasteiger partial charge in [0, 0.05) is 25.0 Å². The van der Waals surface area contributed by atoms with Crippen LogP contribution in [0, 0.1) is 17.3 Å². The molecule has 3 N–H and O–H groups in total. The van der Waals surface area contributed by atoms with E-state index >= 15 is 0 Å². The van der Waals surface area contributed by atoms with E-state index < -0.39 is 71.7 Å². The number of halogens is 1. The van der Waals surface area contributed by atoms with E-state index in [-0.39, 0.29) is 70.7 Å². The Morgan fingerprint density at radius 2 is 1.70 bits per heavy atom. The summed E-state index contributed by atoms with van der Waals surface area (Å²) >= 11 is 7.57. The van der Waals surface area contributed by atoms with Crippen molar-refractivity contribution < 1.29 is 52.3 Å². The van der Waals surface area contributed by atoms with Crippen molar-refractivity contribution in [1.82, 2.24) is 25.4 Å². The molecule has 0 radical (unpaired) electrons. The van der Waals surface area contributed by atoms with Gasteiger partial charge >= 0.3 is 37.0 Å². The molecule has 6 amide bonds. The Hall–Kier alpha value is -4.46. The average molecular weight is 887 g/mol. The fourth-order valence-corrected chi connectivity index (χ4v) is 9.76. The highest BCUT2D eigenvalue weighted by Crippen LogP contribution is 2.65. The number of ether oxygens (including phenoxy) is 3. The maximum absolute atomic E-state index is 14.8. The number of nitrogens with one attached hydrogen (secondary N) is 3. The molecular weight excluding hydrogens is 831 g/mol. The zero-order valence-electron chi connectivity index (χ0n) is 36.6. The zero-order valence-corrected chi connectivity index (χ0v) is 38.1. The lowest BCUT2D eigenvalue weighted by molar-refractivity contribution is -0.199. The van der Waals surface area contributed by atoms with Crippen molar-refractivity contribution in [3.63, 3.8) is 0 Å². The third-order valence-electron chi connectivity index (χ3n) is 12.0. The van der Waals surface area contributed by atoms with Gasteiger partial charge in [0.15, 0.2) is 11.2 Å². The molecule has 2 aromatic rings. The molecule has 2 saturated heterocycles. The molecule has 5 fully saturated rings. The van der Waals surface area contributed by atoms with Gasteiger partial charge in [-0.15, -0.1) is 11.3 Å². The van der Waals surface area contributed by atoms with Crippen LogP contribution in [-0.4, -0.2) is 113 Å². The first-order chi connectivity index (χ1) is 28.4. The first-order valence-electron chi connectivity index (χ1n) is 20.5. The van der Waals surface area contributed by atoms with Crippen LogP contribution in [0.25, 0.3) is 0 Å². The molecule has 2 aliphatic heterocycles. The van der Waals surface area contributed by atoms with E-state index in [2.05, 4.69) is 34.8 Å². The molecule has 17 nitrogen and oxygen atoms in total. The number of amides is 6. The molecule has 332 valence electrons. The summed E-state index contributed by atoms with van der Waals surface area (Å²) in [7, 11) is 0.379. The van der Waals surface area contributed by atoms with Crippen LogP contribution in [0.3, 0.4) is 0 Å². The van der Waals surface area contributed by atoms with Gasteiger partial charge in [-0.3, -0.25) is 24.6 Å². The summed E-state index contributed by atoms with van der Waals surface area (Å²) in [5.74, 6) is -3.63. The molecule has 61 heavy (non-hydrogen) atoms. The normalized spacial score (nSPS) is 24.3. The number of anilines is 1. The van der Waals surface area contributed by atoms with Crippen LogP contribution >= 0.6 is 22.9 Å². The number of rotatable bonds is 11. The minimum Gasteiger partial charge on any atom is -0.496 e. The first-order valence-corrected chi connectivity index (χ1v) is 21.7. The van der Waals surface area contributed by atoms with E-state index in [0.29, 0.717) is 11.5 Å². The SMILES string of the molecule is CCN1CCN(C(=O)NC(C(=O)N[C@@H](Cc2ccc(Cl)c(C(=O)OC(C)(C)C)c2OC)B2O[C@@H]3C[C@@H]4C[C@@H](C4(C)C)[C@]3(C)O2)c2csc(NC(=O)OC(C)(C)C)n2)C(=O)C1=O. The number of carbonyl (C=O) groups excluding carboxylic acids is 6. The predicted octanol–water partition coefficient (Wildman–Crippen LogP) is 5.54. The van der Waals surface area contributed by atoms with Gasteiger partial charge in [0.2, 0.25) is 5.91 Å². The average Bonchev–Trinajstić information content (AvgIpc) is 3.76. The highest BCUT2D eigenvalue weighted by Gasteiger charge is 2.68. The Bertz CT molecular complexity index is 2090. The second-order valence-electron chi connectivity index (χ2n) is 18.7. The monoisotopic (exact) mass is 886 g/mol. The highest BCUT2D eigenvalue weighted by atomic mass is 35.5. The molecule has 5 aliphatic rings. The van der Waals surface area contributed by atoms with Crippen LogP contribution < -0.4 is 20.7 Å². The fraction of sp³-hybridized carbons (Fsp3) is 0.634. The van der Waals surface area contributed by atoms with Crippen LogP contribution in [0.15, 0.2) is 17.5 Å². The van der Waals surface area contributed by atoms with Crippen molar-refractivity contribution in [2.75, 3.05) is 32.1 Å². The lowest BCUT2D eigenvalue weighted by atomic mass is 9.43. The number of likely N-dealkylation sites (N-methyl/N-ethyl adjacent to an activating group) is 1. The summed E-state index contributed by atoms with van der Waals surface area (Å²) in [5.41, 5.74) is -1.85. The predicted molar refractivity (Wildman–Crippen MR) is 226 cm³/mol. The number of nitrogens with zero attached hydrogens (tertiary/aromatic N) is 3. The van der Waals surface area contributed by atoms with Crippen molar-refractivity contribution in [3.8, 4) is 5.75 Å². The molecule has 1 unspecified atom stereocenters. The largest absolute Gasteiger partial charge is 0.496 e. The van der Waals surface area contributed by atoms with Gasteiger partial charge in [-0.1, -0.05) is 31.5 Å². The Kier molecular flexibility index (Phi) is 12.8. The number of thiazole rings is 1. The number of esters is 1. The smallest absolute Gasteiger partial charge is 0.482 e. The van der Waals surface area contributed by atoms with Crippen LogP contribution in [0.1, 0.15) is 110 Å². The Labute approximate surface area is 365 Å². The molecule has 2 bridgehead atoms. The van der Waals surface area contributed by atoms with Crippen molar-refractivity contribution in [3.05, 3.63) is 39.4 Å². The van der Waals surface area contributed by atoms with E-state index in [0.717, 1.165) is 29.1 Å². The molecule has 1 aromatic heterocycles. The van der Waals surface area contributed by atoms with Crippen molar-refractivity contribution in [2.45, 2.75) is 123 Å². The fourth-order valence-electron chi connectivity index (χ4n) is 8.82. The van der Waals surface area contributed by atoms with E-state index in [4.69, 9.17) is 35.1 Å². The molecule has 3 saturated carbocycles. The number of methoxy groups -OCH3 is 1. The van der Waals surface area contributed by atoms with E-state index in [1.54, 1.807) is 60.6 Å². The topological polar surface area (TPSA) is 204 Å². The number of benzene rings is 1.